The molecule has 0 bridgehead atoms. The molecule has 0 unspecified atom stereocenters. The van der Waals surface area contributed by atoms with Gasteiger partial charge in [-0.2, -0.15) is 11.8 Å². The minimum Gasteiger partial charge on any atom is -0.349 e. The zero-order valence-corrected chi connectivity index (χ0v) is 12.6. The van der Waals surface area contributed by atoms with Gasteiger partial charge in [0.25, 0.3) is 0 Å². The summed E-state index contributed by atoms with van der Waals surface area (Å²) in [6.07, 6.45) is 3.57. The molecule has 1 aromatic carbocycles. The van der Waals surface area contributed by atoms with E-state index in [1.165, 1.54) is 4.90 Å². The van der Waals surface area contributed by atoms with Gasteiger partial charge in [0, 0.05) is 27.8 Å². The van der Waals surface area contributed by atoms with E-state index in [9.17, 15) is 4.79 Å². The maximum absolute atomic E-state index is 11.8. The number of rotatable bonds is 4. The number of amides is 1. The van der Waals surface area contributed by atoms with Crippen LogP contribution in [0.15, 0.2) is 23.1 Å². The second-order valence-corrected chi connectivity index (χ2v) is 6.74. The van der Waals surface area contributed by atoms with Crippen LogP contribution >= 0.6 is 35.1 Å². The van der Waals surface area contributed by atoms with Crippen molar-refractivity contribution in [3.8, 4) is 0 Å². The van der Waals surface area contributed by atoms with Crippen LogP contribution in [0.25, 0.3) is 0 Å². The van der Waals surface area contributed by atoms with Crippen molar-refractivity contribution < 1.29 is 4.79 Å². The standard InChI is InChI=1S/C13H16ClNOS2/c1-17-6-5-13(16)15-11-4-7-18-12-3-2-9(14)8-10(11)12/h2-3,8,11H,4-7H2,1H3,(H,15,16)/t11-/m1/s1. The Labute approximate surface area is 121 Å². The van der Waals surface area contributed by atoms with Crippen molar-refractivity contribution in [1.29, 1.82) is 0 Å². The number of nitrogens with one attached hydrogen (secondary N) is 1. The highest BCUT2D eigenvalue weighted by atomic mass is 35.5. The van der Waals surface area contributed by atoms with Gasteiger partial charge in [-0.15, -0.1) is 11.8 Å². The van der Waals surface area contributed by atoms with Gasteiger partial charge >= 0.3 is 0 Å². The van der Waals surface area contributed by atoms with Gasteiger partial charge in [-0.05, 0) is 36.4 Å². The van der Waals surface area contributed by atoms with Crippen LogP contribution in [0.5, 0.6) is 0 Å². The monoisotopic (exact) mass is 301 g/mol. The van der Waals surface area contributed by atoms with Crippen molar-refractivity contribution >= 4 is 41.0 Å². The van der Waals surface area contributed by atoms with Crippen LogP contribution in [0.1, 0.15) is 24.4 Å². The Morgan fingerprint density at radius 3 is 3.22 bits per heavy atom. The van der Waals surface area contributed by atoms with Crippen LogP contribution in [0, 0.1) is 0 Å². The highest BCUT2D eigenvalue weighted by Gasteiger charge is 2.22. The molecule has 0 saturated heterocycles. The lowest BCUT2D eigenvalue weighted by atomic mass is 10.0. The maximum Gasteiger partial charge on any atom is 0.221 e. The summed E-state index contributed by atoms with van der Waals surface area (Å²) in [4.78, 5) is 13.0. The first-order chi connectivity index (χ1) is 8.70. The lowest BCUT2D eigenvalue weighted by Gasteiger charge is -2.26. The first-order valence-corrected chi connectivity index (χ1v) is 8.67. The third kappa shape index (κ3) is 3.59. The number of carbonyl (C=O) groups excluding carboxylic acids is 1. The highest BCUT2D eigenvalue weighted by Crippen LogP contribution is 2.37. The van der Waals surface area contributed by atoms with Crippen molar-refractivity contribution in [2.24, 2.45) is 0 Å². The minimum atomic E-state index is 0.120. The smallest absolute Gasteiger partial charge is 0.221 e. The first kappa shape index (κ1) is 14.1. The molecule has 0 radical (unpaired) electrons. The fourth-order valence-electron chi connectivity index (χ4n) is 1.98. The molecule has 1 atom stereocenters. The fraction of sp³-hybridized carbons (Fsp3) is 0.462. The molecule has 0 spiro atoms. The lowest BCUT2D eigenvalue weighted by Crippen LogP contribution is -2.30. The van der Waals surface area contributed by atoms with Gasteiger partial charge in [0.15, 0.2) is 0 Å². The van der Waals surface area contributed by atoms with Crippen LogP contribution in [0.4, 0.5) is 0 Å². The number of hydrogen-bond donors (Lipinski definition) is 1. The molecular weight excluding hydrogens is 286 g/mol. The third-order valence-corrected chi connectivity index (χ3v) is 4.85. The van der Waals surface area contributed by atoms with Crippen LogP contribution in [-0.4, -0.2) is 23.7 Å². The molecule has 98 valence electrons. The molecule has 2 rings (SSSR count). The Kier molecular flexibility index (Phi) is 5.27. The van der Waals surface area contributed by atoms with E-state index < -0.39 is 0 Å². The van der Waals surface area contributed by atoms with Gasteiger partial charge in [0.2, 0.25) is 5.91 Å². The van der Waals surface area contributed by atoms with Crippen molar-refractivity contribution in [3.05, 3.63) is 28.8 Å². The van der Waals surface area contributed by atoms with E-state index in [-0.39, 0.29) is 11.9 Å². The highest BCUT2D eigenvalue weighted by molar-refractivity contribution is 7.99. The van der Waals surface area contributed by atoms with Gasteiger partial charge in [0.1, 0.15) is 0 Å². The normalized spacial score (nSPS) is 18.2. The Bertz CT molecular complexity index is 439. The van der Waals surface area contributed by atoms with Gasteiger partial charge < -0.3 is 5.32 Å². The Balaban J connectivity index is 2.07. The van der Waals surface area contributed by atoms with Crippen molar-refractivity contribution in [2.45, 2.75) is 23.8 Å². The topological polar surface area (TPSA) is 29.1 Å². The Hall–Kier alpha value is -0.320. The molecule has 5 heteroatoms. The number of fused-ring (bicyclic) bond motifs is 1. The summed E-state index contributed by atoms with van der Waals surface area (Å²) in [7, 11) is 0. The molecule has 1 heterocycles. The summed E-state index contributed by atoms with van der Waals surface area (Å²) in [5.74, 6) is 2.05. The van der Waals surface area contributed by atoms with E-state index in [2.05, 4.69) is 5.32 Å². The zero-order chi connectivity index (χ0) is 13.0. The summed E-state index contributed by atoms with van der Waals surface area (Å²) in [6, 6.07) is 6.05. The second-order valence-electron chi connectivity index (χ2n) is 4.18. The van der Waals surface area contributed by atoms with Crippen LogP contribution < -0.4 is 5.32 Å². The summed E-state index contributed by atoms with van der Waals surface area (Å²) in [5.41, 5.74) is 1.16. The molecule has 2 nitrogen and oxygen atoms in total. The molecule has 0 saturated carbocycles. The number of hydrogen-bond acceptors (Lipinski definition) is 3. The van der Waals surface area contributed by atoms with Crippen LogP contribution in [0.2, 0.25) is 5.02 Å². The third-order valence-electron chi connectivity index (χ3n) is 2.88. The summed E-state index contributed by atoms with van der Waals surface area (Å²) in [5, 5.41) is 3.85. The molecule has 1 aliphatic heterocycles. The number of carbonyl (C=O) groups is 1. The molecule has 0 aromatic heterocycles. The Morgan fingerprint density at radius 1 is 1.61 bits per heavy atom. The number of thioether (sulfide) groups is 2. The lowest BCUT2D eigenvalue weighted by molar-refractivity contribution is -0.121. The molecule has 1 aromatic rings. The Morgan fingerprint density at radius 2 is 2.44 bits per heavy atom. The van der Waals surface area contributed by atoms with Crippen molar-refractivity contribution in [3.63, 3.8) is 0 Å². The van der Waals surface area contributed by atoms with Gasteiger partial charge in [-0.3, -0.25) is 4.79 Å². The van der Waals surface area contributed by atoms with Crippen molar-refractivity contribution in [1.82, 2.24) is 5.32 Å². The zero-order valence-electron chi connectivity index (χ0n) is 10.2. The van der Waals surface area contributed by atoms with Crippen LogP contribution in [0.3, 0.4) is 0 Å². The van der Waals surface area contributed by atoms with E-state index in [0.717, 1.165) is 28.5 Å². The maximum atomic E-state index is 11.8. The SMILES string of the molecule is CSCCC(=O)N[C@@H]1CCSc2ccc(Cl)cc21. The first-order valence-electron chi connectivity index (χ1n) is 5.91. The predicted molar refractivity (Wildman–Crippen MR) is 80.7 cm³/mol. The van der Waals surface area contributed by atoms with Gasteiger partial charge in [-0.25, -0.2) is 0 Å². The van der Waals surface area contributed by atoms with Crippen LogP contribution in [-0.2, 0) is 4.79 Å². The molecular formula is C13H16ClNOS2. The molecule has 1 aliphatic rings. The average Bonchev–Trinajstić information content (AvgIpc) is 2.37. The van der Waals surface area contributed by atoms with Crippen molar-refractivity contribution in [2.75, 3.05) is 17.8 Å². The molecule has 1 N–H and O–H groups in total. The number of halogens is 1. The molecule has 0 fully saturated rings. The molecule has 18 heavy (non-hydrogen) atoms. The summed E-state index contributed by atoms with van der Waals surface area (Å²) >= 11 is 9.56. The minimum absolute atomic E-state index is 0.120. The van der Waals surface area contributed by atoms with Gasteiger partial charge in [-0.1, -0.05) is 11.6 Å². The van der Waals surface area contributed by atoms with E-state index in [0.29, 0.717) is 6.42 Å². The fourth-order valence-corrected chi connectivity index (χ4v) is 3.65. The predicted octanol–water partition coefficient (Wildman–Crippen LogP) is 3.75. The molecule has 0 aliphatic carbocycles. The second kappa shape index (κ2) is 6.73. The number of benzene rings is 1. The molecule has 1 amide bonds. The van der Waals surface area contributed by atoms with E-state index in [1.54, 1.807) is 11.8 Å². The van der Waals surface area contributed by atoms with E-state index >= 15 is 0 Å². The van der Waals surface area contributed by atoms with E-state index in [1.807, 2.05) is 36.2 Å². The summed E-state index contributed by atoms with van der Waals surface area (Å²) in [6.45, 7) is 0. The van der Waals surface area contributed by atoms with Gasteiger partial charge in [0.05, 0.1) is 6.04 Å². The average molecular weight is 302 g/mol. The summed E-state index contributed by atoms with van der Waals surface area (Å²) < 4.78 is 0. The largest absolute Gasteiger partial charge is 0.349 e. The quantitative estimate of drug-likeness (QED) is 0.918. The van der Waals surface area contributed by atoms with E-state index in [4.69, 9.17) is 11.6 Å².